The third-order valence-electron chi connectivity index (χ3n) is 5.15. The van der Waals surface area contributed by atoms with E-state index in [4.69, 9.17) is 0 Å². The van der Waals surface area contributed by atoms with Crippen molar-refractivity contribution >= 4 is 21.6 Å². The molecule has 0 saturated carbocycles. The van der Waals surface area contributed by atoms with Crippen molar-refractivity contribution in [3.8, 4) is 0 Å². The van der Waals surface area contributed by atoms with Crippen LogP contribution in [-0.2, 0) is 16.6 Å². The third-order valence-corrected chi connectivity index (χ3v) is 6.95. The molecule has 0 spiro atoms. The molecule has 162 valence electrons. The average molecular weight is 437 g/mol. The first-order valence-corrected chi connectivity index (χ1v) is 11.8. The van der Waals surface area contributed by atoms with Crippen LogP contribution in [0.15, 0.2) is 83.8 Å². The van der Waals surface area contributed by atoms with Crippen LogP contribution in [0.25, 0.3) is 0 Å². The predicted octanol–water partition coefficient (Wildman–Crippen LogP) is 4.87. The molecule has 6 heteroatoms. The molecule has 0 aliphatic heterocycles. The maximum absolute atomic E-state index is 13.1. The molecule has 3 aromatic carbocycles. The predicted molar refractivity (Wildman–Crippen MR) is 125 cm³/mol. The van der Waals surface area contributed by atoms with E-state index in [2.05, 4.69) is 0 Å². The highest BCUT2D eigenvalue weighted by atomic mass is 32.2. The minimum absolute atomic E-state index is 0.109. The van der Waals surface area contributed by atoms with Crippen molar-refractivity contribution < 1.29 is 13.2 Å². The molecule has 5 nitrogen and oxygen atoms in total. The Morgan fingerprint density at radius 3 is 2.06 bits per heavy atom. The van der Waals surface area contributed by atoms with Gasteiger partial charge in [0.2, 0.25) is 0 Å². The second kappa shape index (κ2) is 9.79. The number of carbonyl (C=O) groups excluding carboxylic acids is 1. The van der Waals surface area contributed by atoms with Gasteiger partial charge in [-0.3, -0.25) is 9.10 Å². The molecule has 0 unspecified atom stereocenters. The van der Waals surface area contributed by atoms with E-state index in [1.165, 1.54) is 29.0 Å². The lowest BCUT2D eigenvalue weighted by molar-refractivity contribution is 0.0743. The molecule has 0 N–H and O–H groups in total. The van der Waals surface area contributed by atoms with Gasteiger partial charge in [0, 0.05) is 25.7 Å². The van der Waals surface area contributed by atoms with E-state index >= 15 is 0 Å². The van der Waals surface area contributed by atoms with Gasteiger partial charge in [-0.05, 0) is 55.3 Å². The van der Waals surface area contributed by atoms with E-state index < -0.39 is 10.0 Å². The number of nitrogens with zero attached hydrogens (tertiary/aromatic N) is 2. The lowest BCUT2D eigenvalue weighted by Crippen LogP contribution is -2.31. The van der Waals surface area contributed by atoms with Crippen LogP contribution in [0.4, 0.5) is 5.69 Å². The van der Waals surface area contributed by atoms with Gasteiger partial charge in [0.15, 0.2) is 0 Å². The van der Waals surface area contributed by atoms with Crippen LogP contribution in [0.5, 0.6) is 0 Å². The molecule has 0 atom stereocenters. The first-order chi connectivity index (χ1) is 14.8. The number of hydrogen-bond acceptors (Lipinski definition) is 3. The summed E-state index contributed by atoms with van der Waals surface area (Å²) in [5, 5.41) is 0. The Morgan fingerprint density at radius 2 is 1.48 bits per heavy atom. The summed E-state index contributed by atoms with van der Waals surface area (Å²) >= 11 is 0. The Kier molecular flexibility index (Phi) is 7.13. The SMILES string of the molecule is CCCN(Cc1ccc(C)cc1)C(=O)c1ccc(S(=O)(=O)N(C)c2ccccc2)cc1. The van der Waals surface area contributed by atoms with Gasteiger partial charge in [-0.25, -0.2) is 8.42 Å². The first-order valence-electron chi connectivity index (χ1n) is 10.3. The molecule has 0 aliphatic rings. The Morgan fingerprint density at radius 1 is 0.871 bits per heavy atom. The lowest BCUT2D eigenvalue weighted by Gasteiger charge is -2.23. The van der Waals surface area contributed by atoms with E-state index in [0.717, 1.165) is 12.0 Å². The Labute approximate surface area is 185 Å². The number of rotatable bonds is 8. The van der Waals surface area contributed by atoms with Crippen LogP contribution >= 0.6 is 0 Å². The summed E-state index contributed by atoms with van der Waals surface area (Å²) in [6.45, 7) is 5.21. The van der Waals surface area contributed by atoms with Gasteiger partial charge in [0.25, 0.3) is 15.9 Å². The summed E-state index contributed by atoms with van der Waals surface area (Å²) in [5.41, 5.74) is 3.29. The van der Waals surface area contributed by atoms with Crippen LogP contribution in [0.2, 0.25) is 0 Å². The van der Waals surface area contributed by atoms with E-state index in [1.54, 1.807) is 41.3 Å². The largest absolute Gasteiger partial charge is 0.334 e. The van der Waals surface area contributed by atoms with Crippen molar-refractivity contribution in [1.29, 1.82) is 0 Å². The van der Waals surface area contributed by atoms with E-state index in [1.807, 2.05) is 44.2 Å². The zero-order chi connectivity index (χ0) is 22.4. The van der Waals surface area contributed by atoms with E-state index in [9.17, 15) is 13.2 Å². The summed E-state index contributed by atoms with van der Waals surface area (Å²) < 4.78 is 27.1. The second-order valence-corrected chi connectivity index (χ2v) is 9.51. The van der Waals surface area contributed by atoms with E-state index in [-0.39, 0.29) is 10.8 Å². The highest BCUT2D eigenvalue weighted by Gasteiger charge is 2.22. The maximum atomic E-state index is 13.1. The third kappa shape index (κ3) is 5.33. The second-order valence-electron chi connectivity index (χ2n) is 7.54. The summed E-state index contributed by atoms with van der Waals surface area (Å²) in [6, 6.07) is 23.2. The number of para-hydroxylation sites is 1. The van der Waals surface area contributed by atoms with Crippen molar-refractivity contribution in [3.05, 3.63) is 95.6 Å². The quantitative estimate of drug-likeness (QED) is 0.506. The molecular weight excluding hydrogens is 408 g/mol. The van der Waals surface area contributed by atoms with Gasteiger partial charge in [-0.2, -0.15) is 0 Å². The number of amides is 1. The Balaban J connectivity index is 1.79. The number of benzene rings is 3. The zero-order valence-corrected chi connectivity index (χ0v) is 19.0. The van der Waals surface area contributed by atoms with Gasteiger partial charge in [-0.1, -0.05) is 55.0 Å². The highest BCUT2D eigenvalue weighted by Crippen LogP contribution is 2.22. The average Bonchev–Trinajstić information content (AvgIpc) is 2.80. The minimum atomic E-state index is -3.71. The molecule has 1 amide bonds. The normalized spacial score (nSPS) is 11.2. The highest BCUT2D eigenvalue weighted by molar-refractivity contribution is 7.92. The molecule has 3 aromatic rings. The molecule has 0 fully saturated rings. The van der Waals surface area contributed by atoms with Gasteiger partial charge >= 0.3 is 0 Å². The first kappa shape index (κ1) is 22.6. The topological polar surface area (TPSA) is 57.7 Å². The van der Waals surface area contributed by atoms with Crippen LogP contribution in [0.3, 0.4) is 0 Å². The summed E-state index contributed by atoms with van der Waals surface area (Å²) in [6.07, 6.45) is 0.839. The molecule has 0 aromatic heterocycles. The molecule has 0 bridgehead atoms. The van der Waals surface area contributed by atoms with Crippen LogP contribution in [0.1, 0.15) is 34.8 Å². The molecule has 0 aliphatic carbocycles. The molecule has 0 saturated heterocycles. The smallest absolute Gasteiger partial charge is 0.264 e. The molecule has 31 heavy (non-hydrogen) atoms. The van der Waals surface area contributed by atoms with Crippen molar-refractivity contribution in [2.75, 3.05) is 17.9 Å². The number of aryl methyl sites for hydroxylation is 1. The number of anilines is 1. The monoisotopic (exact) mass is 436 g/mol. The fourth-order valence-corrected chi connectivity index (χ4v) is 4.52. The van der Waals surface area contributed by atoms with Gasteiger partial charge in [-0.15, -0.1) is 0 Å². The van der Waals surface area contributed by atoms with Gasteiger partial charge < -0.3 is 4.90 Å². The van der Waals surface area contributed by atoms with Gasteiger partial charge in [0.05, 0.1) is 10.6 Å². The molecular formula is C25H28N2O3S. The number of carbonyl (C=O) groups is 1. The Hall–Kier alpha value is -3.12. The van der Waals surface area contributed by atoms with Crippen molar-refractivity contribution in [3.63, 3.8) is 0 Å². The summed E-state index contributed by atoms with van der Waals surface area (Å²) in [7, 11) is -2.19. The van der Waals surface area contributed by atoms with Crippen molar-refractivity contribution in [2.24, 2.45) is 0 Å². The van der Waals surface area contributed by atoms with Crippen molar-refractivity contribution in [2.45, 2.75) is 31.7 Å². The van der Waals surface area contributed by atoms with Gasteiger partial charge in [0.1, 0.15) is 0 Å². The molecule has 3 rings (SSSR count). The number of sulfonamides is 1. The number of hydrogen-bond donors (Lipinski definition) is 0. The van der Waals surface area contributed by atoms with Crippen molar-refractivity contribution in [1.82, 2.24) is 4.90 Å². The zero-order valence-electron chi connectivity index (χ0n) is 18.2. The molecule has 0 radical (unpaired) electrons. The minimum Gasteiger partial charge on any atom is -0.334 e. The summed E-state index contributed by atoms with van der Waals surface area (Å²) in [5.74, 6) is -0.109. The summed E-state index contributed by atoms with van der Waals surface area (Å²) in [4.78, 5) is 15.0. The van der Waals surface area contributed by atoms with Crippen LogP contribution in [0, 0.1) is 6.92 Å². The van der Waals surface area contributed by atoms with E-state index in [0.29, 0.717) is 24.3 Å². The fraction of sp³-hybridized carbons (Fsp3) is 0.240. The maximum Gasteiger partial charge on any atom is 0.264 e. The van der Waals surface area contributed by atoms with Crippen LogP contribution in [-0.4, -0.2) is 32.8 Å². The van der Waals surface area contributed by atoms with Crippen LogP contribution < -0.4 is 4.31 Å². The Bertz CT molecular complexity index is 1110. The fourth-order valence-electron chi connectivity index (χ4n) is 3.32. The molecule has 0 heterocycles. The standard InChI is InChI=1S/C25H28N2O3S/c1-4-18-27(19-21-12-10-20(2)11-13-21)25(28)22-14-16-24(17-15-22)31(29,30)26(3)23-8-6-5-7-9-23/h5-17H,4,18-19H2,1-3H3. The lowest BCUT2D eigenvalue weighted by atomic mass is 10.1.